The van der Waals surface area contributed by atoms with Crippen molar-refractivity contribution in [2.24, 2.45) is 40.0 Å². The summed E-state index contributed by atoms with van der Waals surface area (Å²) < 4.78 is 17.1. The molecule has 11 atom stereocenters. The number of likely N-dealkylation sites (tertiary alicyclic amines) is 1. The number of anilines is 1. The number of carbonyl (C=O) groups excluding carboxylic acids is 9. The lowest BCUT2D eigenvalue weighted by atomic mass is 9.76. The van der Waals surface area contributed by atoms with Crippen LogP contribution >= 0.6 is 0 Å². The number of nitrogens with one attached hydrogen (secondary N) is 5. The van der Waals surface area contributed by atoms with Crippen molar-refractivity contribution in [1.82, 2.24) is 41.0 Å². The van der Waals surface area contributed by atoms with Crippen molar-refractivity contribution >= 4 is 64.8 Å². The van der Waals surface area contributed by atoms with E-state index in [1.54, 1.807) is 131 Å². The van der Waals surface area contributed by atoms with Gasteiger partial charge in [-0.15, -0.1) is 0 Å². The Bertz CT molecular complexity index is 3040. The van der Waals surface area contributed by atoms with Crippen LogP contribution in [0.15, 0.2) is 70.9 Å². The number of benzene rings is 2. The summed E-state index contributed by atoms with van der Waals surface area (Å²) in [6.45, 7) is 28.8. The number of alkyl carbamates (subject to hydrolysis) is 1. The Morgan fingerprint density at radius 3 is 1.96 bits per heavy atom. The largest absolute Gasteiger partial charge is 0.511 e. The standard InChI is InChI=1S/C72H114N10O15/c1-21-45(8)67(82(95-20)40-56(85)81-37-27-31-53(81)62(94-19)46(9)63(87)74-48(11)61(86)50-28-23-22-24-29-50)80(18)68(91)59(43(4)5)77-66(90)60(44(6)7)79(17)70(93)96-41-49-32-34-51(35-33-49)75-64(88)52(76-65(89)58(42(2)3)78-69(92)97-71(12,13)14)30-25-26-36-73-47(10)57-54(83)38-72(15,16)39-55(57)84/h22-24,28-29,32-35,42-46,48,52-53,58-62,67,83,86H,21,25-27,30-31,36-41H2,1-20H3,(H,74,87)(H,75,88)(H,76,89)(H,77,90)(H,78,92)/t45-,46+,48+,52-,53-,58-,59-,60-,61+,62+,67+/m1/s1. The molecule has 0 saturated carbocycles. The van der Waals surface area contributed by atoms with Gasteiger partial charge in [-0.25, -0.2) is 9.59 Å². The molecular weight excluding hydrogens is 1240 g/mol. The average molecular weight is 1360 g/mol. The lowest BCUT2D eigenvalue weighted by Gasteiger charge is -2.42. The van der Waals surface area contributed by atoms with E-state index in [4.69, 9.17) is 19.0 Å². The monoisotopic (exact) mass is 1360 g/mol. The number of methoxy groups -OCH3 is 1. The fraction of sp³-hybridized carbons (Fsp3) is 0.667. The molecule has 0 aromatic heterocycles. The topological polar surface area (TPSA) is 316 Å². The minimum absolute atomic E-state index is 0.0198. The van der Waals surface area contributed by atoms with Crippen LogP contribution in [0.2, 0.25) is 0 Å². The van der Waals surface area contributed by atoms with Crippen LogP contribution in [-0.2, 0) is 59.2 Å². The van der Waals surface area contributed by atoms with Crippen LogP contribution in [0.5, 0.6) is 0 Å². The molecule has 4 rings (SSSR count). The van der Waals surface area contributed by atoms with Gasteiger partial charge in [0.1, 0.15) is 54.8 Å². The number of aliphatic hydroxyl groups excluding tert-OH is 2. The van der Waals surface area contributed by atoms with E-state index in [9.17, 15) is 53.4 Å². The lowest BCUT2D eigenvalue weighted by Crippen LogP contribution is -2.61. The number of Topliss-reactive ketones (excluding diaryl/α,β-unsaturated/α-hetero) is 1. The Morgan fingerprint density at radius 1 is 0.773 bits per heavy atom. The molecule has 2 aliphatic rings. The van der Waals surface area contributed by atoms with Crippen LogP contribution in [0.3, 0.4) is 0 Å². The zero-order valence-electron chi connectivity index (χ0n) is 61.2. The Kier molecular flexibility index (Phi) is 31.7. The Hall–Kier alpha value is -7.48. The first-order chi connectivity index (χ1) is 45.4. The number of hydrogen-bond donors (Lipinski definition) is 7. The van der Waals surface area contributed by atoms with Gasteiger partial charge in [0, 0.05) is 58.5 Å². The van der Waals surface area contributed by atoms with Gasteiger partial charge in [0.05, 0.1) is 42.9 Å². The number of hydroxylamine groups is 2. The van der Waals surface area contributed by atoms with Crippen LogP contribution in [0, 0.1) is 35.0 Å². The summed E-state index contributed by atoms with van der Waals surface area (Å²) in [5.41, 5.74) is 1.05. The highest BCUT2D eigenvalue weighted by Crippen LogP contribution is 2.36. The maximum absolute atomic E-state index is 14.8. The highest BCUT2D eigenvalue weighted by Gasteiger charge is 2.44. The number of hydrogen-bond acceptors (Lipinski definition) is 17. The number of unbranched alkanes of at least 4 members (excludes halogenated alkanes) is 1. The first kappa shape index (κ1) is 81.9. The first-order valence-corrected chi connectivity index (χ1v) is 34.2. The summed E-state index contributed by atoms with van der Waals surface area (Å²) in [6.07, 6.45) is -0.484. The third-order valence-corrected chi connectivity index (χ3v) is 18.0. The van der Waals surface area contributed by atoms with Crippen molar-refractivity contribution in [2.75, 3.05) is 53.3 Å². The lowest BCUT2D eigenvalue weighted by molar-refractivity contribution is -0.214. The van der Waals surface area contributed by atoms with Gasteiger partial charge in [-0.3, -0.25) is 48.3 Å². The first-order valence-electron chi connectivity index (χ1n) is 34.2. The van der Waals surface area contributed by atoms with Crippen molar-refractivity contribution in [3.63, 3.8) is 0 Å². The number of aliphatic hydroxyl groups is 2. The maximum Gasteiger partial charge on any atom is 0.410 e. The van der Waals surface area contributed by atoms with Crippen LogP contribution in [0.1, 0.15) is 179 Å². The van der Waals surface area contributed by atoms with E-state index in [1.165, 1.54) is 36.1 Å². The zero-order valence-corrected chi connectivity index (χ0v) is 61.2. The Balaban J connectivity index is 1.43. The molecule has 8 amide bonds. The van der Waals surface area contributed by atoms with E-state index in [-0.39, 0.29) is 78.7 Å². The molecule has 1 saturated heterocycles. The van der Waals surface area contributed by atoms with Gasteiger partial charge in [0.2, 0.25) is 35.4 Å². The second-order valence-electron chi connectivity index (χ2n) is 28.9. The van der Waals surface area contributed by atoms with Gasteiger partial charge in [0.25, 0.3) is 0 Å². The summed E-state index contributed by atoms with van der Waals surface area (Å²) in [7, 11) is 5.98. The molecule has 0 spiro atoms. The predicted octanol–water partition coefficient (Wildman–Crippen LogP) is 8.80. The summed E-state index contributed by atoms with van der Waals surface area (Å²) >= 11 is 0. The average Bonchev–Trinajstić information content (AvgIpc) is 1.81. The molecule has 0 radical (unpaired) electrons. The maximum atomic E-state index is 14.8. The zero-order chi connectivity index (χ0) is 73.0. The molecule has 25 heteroatoms. The summed E-state index contributed by atoms with van der Waals surface area (Å²) in [5.74, 6) is -5.20. The quantitative estimate of drug-likeness (QED) is 0.0149. The summed E-state index contributed by atoms with van der Waals surface area (Å²) in [4.78, 5) is 140. The highest BCUT2D eigenvalue weighted by atomic mass is 16.7. The Morgan fingerprint density at radius 2 is 1.40 bits per heavy atom. The minimum Gasteiger partial charge on any atom is -0.511 e. The highest BCUT2D eigenvalue weighted by molar-refractivity contribution is 6.22. The fourth-order valence-corrected chi connectivity index (χ4v) is 12.5. The van der Waals surface area contributed by atoms with Gasteiger partial charge >= 0.3 is 12.2 Å². The van der Waals surface area contributed by atoms with Crippen LogP contribution in [0.4, 0.5) is 15.3 Å². The van der Waals surface area contributed by atoms with Crippen molar-refractivity contribution in [1.29, 1.82) is 0 Å². The van der Waals surface area contributed by atoms with E-state index in [2.05, 4.69) is 31.6 Å². The number of rotatable bonds is 34. The van der Waals surface area contributed by atoms with Crippen molar-refractivity contribution in [3.8, 4) is 0 Å². The third kappa shape index (κ3) is 23.9. The van der Waals surface area contributed by atoms with Gasteiger partial charge < -0.3 is 60.8 Å². The van der Waals surface area contributed by atoms with Gasteiger partial charge in [-0.05, 0) is 119 Å². The molecule has 2 aromatic rings. The molecule has 2 aromatic carbocycles. The van der Waals surface area contributed by atoms with E-state index in [1.807, 2.05) is 45.9 Å². The number of likely N-dealkylation sites (N-methyl/N-ethyl adjacent to an activating group) is 2. The number of aliphatic imine (C=N–C) groups is 1. The second-order valence-corrected chi connectivity index (χ2v) is 28.9. The molecule has 1 heterocycles. The van der Waals surface area contributed by atoms with Gasteiger partial charge in [-0.1, -0.05) is 125 Å². The SMILES string of the molecule is CC[C@@H](C)[C@H](N(CC(=O)N1CCC[C@@H]1[C@@H](OC)[C@H](C)C(=O)N[C@@H](C)[C@H](O)c1ccccc1)OC)N(C)C(=O)[C@H](NC(=O)[C@@H](C(C)C)N(C)C(=O)OCc1ccc(NC(=O)[C@@H](CCCCN=C(C)C2=C(O)CC(C)(C)CC2=O)NC(=O)[C@H](NC(=O)OC(C)(C)C)C(C)C)cc1)C(C)C. The number of allylic oxidation sites excluding steroid dienone is 2. The normalized spacial score (nSPS) is 18.2. The number of carbonyl (C=O) groups is 9. The molecule has 1 aliphatic carbocycles. The number of amides is 8. The van der Waals surface area contributed by atoms with E-state index in [0.29, 0.717) is 67.6 Å². The summed E-state index contributed by atoms with van der Waals surface area (Å²) in [5, 5.41) is 37.3. The van der Waals surface area contributed by atoms with E-state index < -0.39 is 114 Å². The molecule has 1 aliphatic heterocycles. The molecule has 97 heavy (non-hydrogen) atoms. The molecule has 0 bridgehead atoms. The van der Waals surface area contributed by atoms with Crippen molar-refractivity contribution < 1.29 is 72.4 Å². The molecule has 7 N–H and O–H groups in total. The number of ketones is 1. The number of ether oxygens (including phenoxy) is 3. The van der Waals surface area contributed by atoms with E-state index >= 15 is 0 Å². The van der Waals surface area contributed by atoms with Crippen LogP contribution in [-0.4, -0.2) is 191 Å². The van der Waals surface area contributed by atoms with Crippen molar-refractivity contribution in [3.05, 3.63) is 77.1 Å². The van der Waals surface area contributed by atoms with Gasteiger partial charge in [-0.2, -0.15) is 5.06 Å². The molecule has 1 fully saturated rings. The Labute approximate surface area is 575 Å². The summed E-state index contributed by atoms with van der Waals surface area (Å²) in [6, 6.07) is 10.2. The smallest absolute Gasteiger partial charge is 0.410 e. The molecule has 25 nitrogen and oxygen atoms in total. The predicted molar refractivity (Wildman–Crippen MR) is 371 cm³/mol. The number of nitrogens with zero attached hydrogens (tertiary/aromatic N) is 5. The van der Waals surface area contributed by atoms with Crippen LogP contribution < -0.4 is 26.6 Å². The van der Waals surface area contributed by atoms with Crippen molar-refractivity contribution in [2.45, 2.75) is 229 Å². The van der Waals surface area contributed by atoms with Crippen LogP contribution in [0.25, 0.3) is 0 Å². The van der Waals surface area contributed by atoms with Gasteiger partial charge in [0.15, 0.2) is 5.78 Å². The minimum atomic E-state index is -1.09. The molecule has 0 unspecified atom stereocenters. The molecular formula is C72H114N10O15. The van der Waals surface area contributed by atoms with E-state index in [0.717, 1.165) is 0 Å². The third-order valence-electron chi connectivity index (χ3n) is 18.0. The molecule has 542 valence electrons. The second kappa shape index (κ2) is 37.5. The fourth-order valence-electron chi connectivity index (χ4n) is 12.5.